The van der Waals surface area contributed by atoms with Crippen LogP contribution in [0.4, 0.5) is 5.69 Å². The van der Waals surface area contributed by atoms with Gasteiger partial charge >= 0.3 is 0 Å². The minimum absolute atomic E-state index is 0.0797. The zero-order valence-electron chi connectivity index (χ0n) is 10.6. The SMILES string of the molecule is NC1CCN(CCC(=O)Nc2ccccc2)CC1. The molecule has 4 nitrogen and oxygen atoms in total. The molecular formula is C14H21N3O. The lowest BCUT2D eigenvalue weighted by atomic mass is 10.1. The van der Waals surface area contributed by atoms with Gasteiger partial charge in [0.2, 0.25) is 5.91 Å². The van der Waals surface area contributed by atoms with Crippen molar-refractivity contribution in [3.05, 3.63) is 30.3 Å². The Labute approximate surface area is 108 Å². The number of carbonyl (C=O) groups excluding carboxylic acids is 1. The molecule has 0 radical (unpaired) electrons. The number of hydrogen-bond donors (Lipinski definition) is 2. The van der Waals surface area contributed by atoms with Crippen LogP contribution in [0, 0.1) is 0 Å². The van der Waals surface area contributed by atoms with Gasteiger partial charge in [-0.25, -0.2) is 0 Å². The Morgan fingerprint density at radius 3 is 2.61 bits per heavy atom. The average molecular weight is 247 g/mol. The van der Waals surface area contributed by atoms with Crippen molar-refractivity contribution in [1.29, 1.82) is 0 Å². The van der Waals surface area contributed by atoms with Gasteiger partial charge in [-0.1, -0.05) is 18.2 Å². The molecule has 0 atom stereocenters. The highest BCUT2D eigenvalue weighted by Crippen LogP contribution is 2.09. The normalized spacial score (nSPS) is 17.6. The minimum atomic E-state index is 0.0797. The predicted octanol–water partition coefficient (Wildman–Crippen LogP) is 1.44. The number of benzene rings is 1. The molecule has 0 aliphatic carbocycles. The smallest absolute Gasteiger partial charge is 0.225 e. The highest BCUT2D eigenvalue weighted by atomic mass is 16.1. The first-order valence-electron chi connectivity index (χ1n) is 6.57. The van der Waals surface area contributed by atoms with Crippen LogP contribution in [0.15, 0.2) is 30.3 Å². The summed E-state index contributed by atoms with van der Waals surface area (Å²) in [5.41, 5.74) is 6.71. The minimum Gasteiger partial charge on any atom is -0.328 e. The summed E-state index contributed by atoms with van der Waals surface area (Å²) in [4.78, 5) is 14.1. The van der Waals surface area contributed by atoms with Gasteiger partial charge in [-0.15, -0.1) is 0 Å². The van der Waals surface area contributed by atoms with Crippen molar-refractivity contribution in [2.24, 2.45) is 5.73 Å². The summed E-state index contributed by atoms with van der Waals surface area (Å²) in [5, 5.41) is 2.90. The summed E-state index contributed by atoms with van der Waals surface area (Å²) in [5.74, 6) is 0.0797. The standard InChI is InChI=1S/C14H21N3O/c15-12-6-9-17(10-7-12)11-8-14(18)16-13-4-2-1-3-5-13/h1-5,12H,6-11,15H2,(H,16,18). The second kappa shape index (κ2) is 6.52. The number of rotatable bonds is 4. The van der Waals surface area contributed by atoms with Gasteiger partial charge in [0.1, 0.15) is 0 Å². The fraction of sp³-hybridized carbons (Fsp3) is 0.500. The lowest BCUT2D eigenvalue weighted by molar-refractivity contribution is -0.116. The summed E-state index contributed by atoms with van der Waals surface area (Å²) >= 11 is 0. The van der Waals surface area contributed by atoms with Crippen molar-refractivity contribution in [3.63, 3.8) is 0 Å². The van der Waals surface area contributed by atoms with Crippen LogP contribution in [0.1, 0.15) is 19.3 Å². The van der Waals surface area contributed by atoms with E-state index in [0.29, 0.717) is 12.5 Å². The molecule has 18 heavy (non-hydrogen) atoms. The summed E-state index contributed by atoms with van der Waals surface area (Å²) in [6.45, 7) is 2.85. The van der Waals surface area contributed by atoms with E-state index >= 15 is 0 Å². The van der Waals surface area contributed by atoms with Crippen molar-refractivity contribution >= 4 is 11.6 Å². The van der Waals surface area contributed by atoms with E-state index in [0.717, 1.165) is 38.2 Å². The molecule has 1 amide bonds. The molecule has 98 valence electrons. The zero-order valence-corrected chi connectivity index (χ0v) is 10.6. The molecule has 0 saturated carbocycles. The Hall–Kier alpha value is -1.39. The molecule has 3 N–H and O–H groups in total. The third-order valence-electron chi connectivity index (χ3n) is 3.34. The van der Waals surface area contributed by atoms with Crippen LogP contribution in [0.5, 0.6) is 0 Å². The van der Waals surface area contributed by atoms with Crippen LogP contribution in [0.25, 0.3) is 0 Å². The number of hydrogen-bond acceptors (Lipinski definition) is 3. The molecule has 1 aromatic carbocycles. The van der Waals surface area contributed by atoms with E-state index in [2.05, 4.69) is 10.2 Å². The molecule has 0 spiro atoms. The molecule has 2 rings (SSSR count). The predicted molar refractivity (Wildman–Crippen MR) is 73.3 cm³/mol. The average Bonchev–Trinajstić information content (AvgIpc) is 2.39. The second-order valence-corrected chi connectivity index (χ2v) is 4.84. The van der Waals surface area contributed by atoms with Gasteiger partial charge in [0.05, 0.1) is 0 Å². The van der Waals surface area contributed by atoms with E-state index in [1.165, 1.54) is 0 Å². The maximum Gasteiger partial charge on any atom is 0.225 e. The topological polar surface area (TPSA) is 58.4 Å². The first kappa shape index (κ1) is 13.1. The highest BCUT2D eigenvalue weighted by molar-refractivity contribution is 5.90. The van der Waals surface area contributed by atoms with Gasteiger partial charge in [0, 0.05) is 24.7 Å². The van der Waals surface area contributed by atoms with Crippen LogP contribution in [0.2, 0.25) is 0 Å². The Bertz CT molecular complexity index is 372. The highest BCUT2D eigenvalue weighted by Gasteiger charge is 2.16. The zero-order chi connectivity index (χ0) is 12.8. The molecule has 0 bridgehead atoms. The number of nitrogens with zero attached hydrogens (tertiary/aromatic N) is 1. The molecule has 1 aliphatic heterocycles. The van der Waals surface area contributed by atoms with Crippen LogP contribution in [0.3, 0.4) is 0 Å². The van der Waals surface area contributed by atoms with E-state index in [4.69, 9.17) is 5.73 Å². The Morgan fingerprint density at radius 2 is 1.94 bits per heavy atom. The Balaban J connectivity index is 1.69. The number of piperidine rings is 1. The van der Waals surface area contributed by atoms with Gasteiger partial charge in [0.25, 0.3) is 0 Å². The molecule has 1 aromatic rings. The molecular weight excluding hydrogens is 226 g/mol. The lowest BCUT2D eigenvalue weighted by Crippen LogP contribution is -2.40. The largest absolute Gasteiger partial charge is 0.328 e. The Morgan fingerprint density at radius 1 is 1.28 bits per heavy atom. The molecule has 4 heteroatoms. The summed E-state index contributed by atoms with van der Waals surface area (Å²) < 4.78 is 0. The van der Waals surface area contributed by atoms with Crippen molar-refractivity contribution in [3.8, 4) is 0 Å². The number of nitrogens with one attached hydrogen (secondary N) is 1. The van der Waals surface area contributed by atoms with Gasteiger partial charge in [-0.3, -0.25) is 4.79 Å². The van der Waals surface area contributed by atoms with Gasteiger partial charge in [0.15, 0.2) is 0 Å². The van der Waals surface area contributed by atoms with E-state index < -0.39 is 0 Å². The first-order chi connectivity index (χ1) is 8.74. The maximum atomic E-state index is 11.8. The molecule has 0 unspecified atom stereocenters. The molecule has 0 aromatic heterocycles. The summed E-state index contributed by atoms with van der Waals surface area (Å²) in [7, 11) is 0. The number of nitrogens with two attached hydrogens (primary N) is 1. The van der Waals surface area contributed by atoms with Crippen LogP contribution < -0.4 is 11.1 Å². The first-order valence-corrected chi connectivity index (χ1v) is 6.57. The van der Waals surface area contributed by atoms with E-state index in [1.54, 1.807) is 0 Å². The van der Waals surface area contributed by atoms with Crippen molar-refractivity contribution < 1.29 is 4.79 Å². The number of amides is 1. The monoisotopic (exact) mass is 247 g/mol. The number of para-hydroxylation sites is 1. The lowest BCUT2D eigenvalue weighted by Gasteiger charge is -2.29. The van der Waals surface area contributed by atoms with E-state index in [-0.39, 0.29) is 5.91 Å². The molecule has 1 aliphatic rings. The van der Waals surface area contributed by atoms with E-state index in [1.807, 2.05) is 30.3 Å². The quantitative estimate of drug-likeness (QED) is 0.846. The fourth-order valence-electron chi connectivity index (χ4n) is 2.18. The van der Waals surface area contributed by atoms with Crippen LogP contribution >= 0.6 is 0 Å². The van der Waals surface area contributed by atoms with Gasteiger partial charge < -0.3 is 16.0 Å². The fourth-order valence-corrected chi connectivity index (χ4v) is 2.18. The number of likely N-dealkylation sites (tertiary alicyclic amines) is 1. The molecule has 1 fully saturated rings. The summed E-state index contributed by atoms with van der Waals surface area (Å²) in [6.07, 6.45) is 2.63. The third kappa shape index (κ3) is 4.13. The molecule has 1 saturated heterocycles. The van der Waals surface area contributed by atoms with Gasteiger partial charge in [-0.2, -0.15) is 0 Å². The van der Waals surface area contributed by atoms with E-state index in [9.17, 15) is 4.79 Å². The number of anilines is 1. The van der Waals surface area contributed by atoms with Crippen LogP contribution in [-0.4, -0.2) is 36.5 Å². The van der Waals surface area contributed by atoms with Crippen molar-refractivity contribution in [2.75, 3.05) is 25.0 Å². The summed E-state index contributed by atoms with van der Waals surface area (Å²) in [6, 6.07) is 9.92. The van der Waals surface area contributed by atoms with Crippen molar-refractivity contribution in [1.82, 2.24) is 4.90 Å². The number of carbonyl (C=O) groups is 1. The van der Waals surface area contributed by atoms with Crippen molar-refractivity contribution in [2.45, 2.75) is 25.3 Å². The second-order valence-electron chi connectivity index (χ2n) is 4.84. The van der Waals surface area contributed by atoms with Crippen LogP contribution in [-0.2, 0) is 4.79 Å². The molecule has 1 heterocycles. The maximum absolute atomic E-state index is 11.8. The Kier molecular flexibility index (Phi) is 4.73. The third-order valence-corrected chi connectivity index (χ3v) is 3.34. The van der Waals surface area contributed by atoms with Gasteiger partial charge in [-0.05, 0) is 38.1 Å².